The molecule has 4 heterocycles. The third-order valence-corrected chi connectivity index (χ3v) is 7.70. The highest BCUT2D eigenvalue weighted by atomic mass is 19.2. The first-order chi connectivity index (χ1) is 18.3. The van der Waals surface area contributed by atoms with Crippen molar-refractivity contribution in [3.63, 3.8) is 0 Å². The summed E-state index contributed by atoms with van der Waals surface area (Å²) in [6.45, 7) is 5.90. The number of nitrogens with zero attached hydrogens (tertiary/aromatic N) is 5. The molecule has 1 atom stereocenters. The van der Waals surface area contributed by atoms with Gasteiger partial charge in [0.05, 0.1) is 29.0 Å². The van der Waals surface area contributed by atoms with Crippen molar-refractivity contribution in [3.8, 4) is 11.1 Å². The van der Waals surface area contributed by atoms with Crippen molar-refractivity contribution in [3.05, 3.63) is 65.3 Å². The topological polar surface area (TPSA) is 76.6 Å². The Labute approximate surface area is 218 Å². The maximum absolute atomic E-state index is 14.2. The Kier molecular flexibility index (Phi) is 6.14. The molecule has 2 aromatic heterocycles. The number of aryl methyl sites for hydroxylation is 2. The van der Waals surface area contributed by atoms with Gasteiger partial charge < -0.3 is 18.7 Å². The molecule has 0 radical (unpaired) electrons. The minimum atomic E-state index is -1.02. The number of fused-ring (bicyclic) bond motifs is 1. The van der Waals surface area contributed by atoms with E-state index in [9.17, 15) is 13.6 Å². The van der Waals surface area contributed by atoms with Gasteiger partial charge in [0.15, 0.2) is 11.6 Å². The van der Waals surface area contributed by atoms with Gasteiger partial charge in [0, 0.05) is 24.1 Å². The summed E-state index contributed by atoms with van der Waals surface area (Å²) in [7, 11) is 2.11. The Morgan fingerprint density at radius 3 is 2.50 bits per heavy atom. The average Bonchev–Trinajstić information content (AvgIpc) is 3.45. The van der Waals surface area contributed by atoms with Gasteiger partial charge in [-0.05, 0) is 76.7 Å². The number of cyclic esters (lactones) is 1. The van der Waals surface area contributed by atoms with Crippen molar-refractivity contribution in [2.24, 2.45) is 0 Å². The Morgan fingerprint density at radius 2 is 1.79 bits per heavy atom. The third kappa shape index (κ3) is 4.13. The van der Waals surface area contributed by atoms with E-state index in [4.69, 9.17) is 14.2 Å². The number of likely N-dealkylation sites (tertiary alicyclic amines) is 1. The number of benzene rings is 2. The number of amides is 1. The summed E-state index contributed by atoms with van der Waals surface area (Å²) >= 11 is 0. The summed E-state index contributed by atoms with van der Waals surface area (Å²) in [5.74, 6) is -0.545. The zero-order valence-electron chi connectivity index (χ0n) is 21.6. The lowest BCUT2D eigenvalue weighted by Crippen LogP contribution is -2.42. The molecule has 0 spiro atoms. The molecule has 2 saturated heterocycles. The summed E-state index contributed by atoms with van der Waals surface area (Å²) in [4.78, 5) is 21.8. The van der Waals surface area contributed by atoms with Crippen molar-refractivity contribution < 1.29 is 22.8 Å². The number of halogens is 2. The highest BCUT2D eigenvalue weighted by Gasteiger charge is 2.37. The number of hydrogen-bond donors (Lipinski definition) is 0. The molecule has 198 valence electrons. The fourth-order valence-electron chi connectivity index (χ4n) is 5.79. The Balaban J connectivity index is 1.51. The highest BCUT2D eigenvalue weighted by molar-refractivity contribution is 5.90. The fraction of sp³-hybridized carbons (Fsp3) is 0.393. The molecular weight excluding hydrogens is 492 g/mol. The first-order valence-electron chi connectivity index (χ1n) is 12.9. The SMILES string of the molecule is Cc1noc(C)c1-c1ccc2c(c1)nc([C@@H]1CCOC(=O)N1c1ccc(F)c(F)c1)n2C1CCN(C)CC1. The second kappa shape index (κ2) is 9.50. The summed E-state index contributed by atoms with van der Waals surface area (Å²) in [5, 5.41) is 4.09. The molecule has 10 heteroatoms. The molecule has 2 fully saturated rings. The van der Waals surface area contributed by atoms with E-state index < -0.39 is 23.8 Å². The fourth-order valence-corrected chi connectivity index (χ4v) is 5.79. The molecule has 38 heavy (non-hydrogen) atoms. The molecule has 8 nitrogen and oxygen atoms in total. The van der Waals surface area contributed by atoms with E-state index in [2.05, 4.69) is 27.7 Å². The first-order valence-corrected chi connectivity index (χ1v) is 12.9. The highest BCUT2D eigenvalue weighted by Crippen LogP contribution is 2.39. The summed E-state index contributed by atoms with van der Waals surface area (Å²) in [5.41, 5.74) is 4.68. The predicted octanol–water partition coefficient (Wildman–Crippen LogP) is 5.94. The number of anilines is 1. The van der Waals surface area contributed by atoms with E-state index in [-0.39, 0.29) is 18.3 Å². The van der Waals surface area contributed by atoms with E-state index in [1.165, 1.54) is 11.0 Å². The quantitative estimate of drug-likeness (QED) is 0.331. The van der Waals surface area contributed by atoms with Crippen LogP contribution in [0.3, 0.4) is 0 Å². The summed E-state index contributed by atoms with van der Waals surface area (Å²) in [6.07, 6.45) is 1.73. The third-order valence-electron chi connectivity index (χ3n) is 7.70. The lowest BCUT2D eigenvalue weighted by atomic mass is 10.0. The summed E-state index contributed by atoms with van der Waals surface area (Å²) in [6, 6.07) is 9.28. The smallest absolute Gasteiger partial charge is 0.414 e. The van der Waals surface area contributed by atoms with Crippen LogP contribution in [0.15, 0.2) is 40.9 Å². The Hall–Kier alpha value is -3.79. The molecule has 0 unspecified atom stereocenters. The average molecular weight is 522 g/mol. The molecule has 0 bridgehead atoms. The number of rotatable bonds is 4. The molecule has 2 aliphatic rings. The van der Waals surface area contributed by atoms with Crippen LogP contribution in [0.1, 0.15) is 48.6 Å². The number of piperidine rings is 1. The van der Waals surface area contributed by atoms with E-state index in [1.807, 2.05) is 26.0 Å². The molecule has 0 N–H and O–H groups in total. The van der Waals surface area contributed by atoms with Gasteiger partial charge in [-0.2, -0.15) is 0 Å². The van der Waals surface area contributed by atoms with Crippen molar-refractivity contribution in [1.29, 1.82) is 0 Å². The Bertz CT molecular complexity index is 1500. The molecule has 0 saturated carbocycles. The van der Waals surface area contributed by atoms with Crippen LogP contribution in [0.5, 0.6) is 0 Å². The number of hydrogen-bond acceptors (Lipinski definition) is 6. The van der Waals surface area contributed by atoms with Gasteiger partial charge in [0.1, 0.15) is 17.6 Å². The van der Waals surface area contributed by atoms with Gasteiger partial charge >= 0.3 is 6.09 Å². The largest absolute Gasteiger partial charge is 0.449 e. The molecule has 6 rings (SSSR count). The van der Waals surface area contributed by atoms with Crippen LogP contribution in [0.25, 0.3) is 22.2 Å². The lowest BCUT2D eigenvalue weighted by molar-refractivity contribution is 0.126. The zero-order chi connectivity index (χ0) is 26.6. The van der Waals surface area contributed by atoms with Crippen LogP contribution in [-0.4, -0.2) is 52.4 Å². The van der Waals surface area contributed by atoms with Gasteiger partial charge in [-0.25, -0.2) is 18.6 Å². The number of ether oxygens (including phenoxy) is 1. The summed E-state index contributed by atoms with van der Waals surface area (Å²) < 4.78 is 40.9. The van der Waals surface area contributed by atoms with Crippen molar-refractivity contribution in [2.75, 3.05) is 31.6 Å². The van der Waals surface area contributed by atoms with Crippen LogP contribution >= 0.6 is 0 Å². The van der Waals surface area contributed by atoms with Crippen LogP contribution < -0.4 is 4.90 Å². The number of imidazole rings is 1. The van der Waals surface area contributed by atoms with Crippen molar-refractivity contribution in [2.45, 2.75) is 45.2 Å². The van der Waals surface area contributed by atoms with Crippen LogP contribution in [0.2, 0.25) is 0 Å². The second-order valence-corrected chi connectivity index (χ2v) is 10.2. The van der Waals surface area contributed by atoms with Gasteiger partial charge in [-0.1, -0.05) is 11.2 Å². The molecule has 2 aromatic carbocycles. The molecule has 4 aromatic rings. The molecular formula is C28H29F2N5O3. The van der Waals surface area contributed by atoms with Crippen molar-refractivity contribution in [1.82, 2.24) is 19.6 Å². The molecule has 2 aliphatic heterocycles. The monoisotopic (exact) mass is 521 g/mol. The number of carbonyl (C=O) groups excluding carboxylic acids is 1. The van der Waals surface area contributed by atoms with Gasteiger partial charge in [0.2, 0.25) is 0 Å². The maximum atomic E-state index is 14.2. The van der Waals surface area contributed by atoms with Gasteiger partial charge in [-0.15, -0.1) is 0 Å². The standard InChI is InChI=1S/C28H29F2N5O3/c1-16-26(17(2)38-32-16)18-4-7-24-23(14-18)31-27(34(24)19-8-11-33(3)12-9-19)25-10-13-37-28(36)35(25)20-5-6-21(29)22(30)15-20/h4-7,14-15,19,25H,8-13H2,1-3H3/t25-/m0/s1. The van der Waals surface area contributed by atoms with Gasteiger partial charge in [-0.3, -0.25) is 4.90 Å². The normalized spacial score (nSPS) is 19.3. The van der Waals surface area contributed by atoms with E-state index in [1.54, 1.807) is 0 Å². The maximum Gasteiger partial charge on any atom is 0.414 e. The minimum Gasteiger partial charge on any atom is -0.449 e. The first kappa shape index (κ1) is 24.5. The van der Waals surface area contributed by atoms with E-state index in [0.717, 1.165) is 71.7 Å². The number of carbonyl (C=O) groups is 1. The van der Waals surface area contributed by atoms with Crippen LogP contribution in [0, 0.1) is 25.5 Å². The molecule has 1 amide bonds. The van der Waals surface area contributed by atoms with Crippen LogP contribution in [-0.2, 0) is 4.74 Å². The zero-order valence-corrected chi connectivity index (χ0v) is 21.6. The second-order valence-electron chi connectivity index (χ2n) is 10.2. The van der Waals surface area contributed by atoms with Crippen LogP contribution in [0.4, 0.5) is 19.3 Å². The minimum absolute atomic E-state index is 0.181. The van der Waals surface area contributed by atoms with Gasteiger partial charge in [0.25, 0.3) is 0 Å². The van der Waals surface area contributed by atoms with Crippen molar-refractivity contribution >= 4 is 22.8 Å². The van der Waals surface area contributed by atoms with E-state index >= 15 is 0 Å². The Morgan fingerprint density at radius 1 is 1.00 bits per heavy atom. The number of aromatic nitrogens is 3. The lowest BCUT2D eigenvalue weighted by Gasteiger charge is -2.37. The predicted molar refractivity (Wildman–Crippen MR) is 138 cm³/mol. The molecule has 0 aliphatic carbocycles. The van der Waals surface area contributed by atoms with E-state index in [0.29, 0.717) is 12.2 Å².